The molecule has 2 aromatic rings. The van der Waals surface area contributed by atoms with E-state index in [1.54, 1.807) is 6.07 Å². The molecule has 0 fully saturated rings. The molecule has 0 bridgehead atoms. The Balaban J connectivity index is 2.47. The molecule has 0 heterocycles. The summed E-state index contributed by atoms with van der Waals surface area (Å²) in [6, 6.07) is 15.0. The maximum absolute atomic E-state index is 13.5. The van der Waals surface area contributed by atoms with E-state index in [-0.39, 0.29) is 5.82 Å². The second kappa shape index (κ2) is 6.19. The zero-order valence-corrected chi connectivity index (χ0v) is 12.2. The lowest BCUT2D eigenvalue weighted by Crippen LogP contribution is -2.37. The fourth-order valence-electron chi connectivity index (χ4n) is 2.63. The molecule has 0 amide bonds. The number of nitrogens with two attached hydrogens (primary N) is 1. The lowest BCUT2D eigenvalue weighted by Gasteiger charge is -2.30. The molecule has 1 nitrogen and oxygen atoms in total. The molecule has 0 aliphatic rings. The minimum Gasteiger partial charge on any atom is -0.318 e. The minimum atomic E-state index is -0.633. The summed E-state index contributed by atoms with van der Waals surface area (Å²) in [5, 5.41) is 0. The minimum absolute atomic E-state index is 0.240. The van der Waals surface area contributed by atoms with Gasteiger partial charge in [0, 0.05) is 0 Å². The maximum Gasteiger partial charge on any atom is 0.123 e. The molecule has 0 saturated carbocycles. The Hall–Kier alpha value is -1.67. The van der Waals surface area contributed by atoms with Gasteiger partial charge in [0.1, 0.15) is 5.82 Å². The summed E-state index contributed by atoms with van der Waals surface area (Å²) in [5.41, 5.74) is 9.14. The number of benzene rings is 2. The van der Waals surface area contributed by atoms with Crippen LogP contribution in [-0.4, -0.2) is 0 Å². The van der Waals surface area contributed by atoms with E-state index in [1.165, 1.54) is 17.7 Å². The highest BCUT2D eigenvalue weighted by Crippen LogP contribution is 2.31. The topological polar surface area (TPSA) is 26.0 Å². The summed E-state index contributed by atoms with van der Waals surface area (Å²) in [4.78, 5) is 0. The van der Waals surface area contributed by atoms with Crippen molar-refractivity contribution in [1.82, 2.24) is 0 Å². The lowest BCUT2D eigenvalue weighted by molar-refractivity contribution is 0.512. The highest BCUT2D eigenvalue weighted by molar-refractivity contribution is 5.39. The lowest BCUT2D eigenvalue weighted by atomic mass is 9.81. The molecular formula is C18H22FN. The van der Waals surface area contributed by atoms with Crippen molar-refractivity contribution in [3.63, 3.8) is 0 Å². The van der Waals surface area contributed by atoms with Crippen LogP contribution in [0.3, 0.4) is 0 Å². The van der Waals surface area contributed by atoms with Crippen molar-refractivity contribution in [2.45, 2.75) is 38.6 Å². The molecule has 1 unspecified atom stereocenters. The standard InChI is InChI=1S/C18H22FN/c1-3-7-14-8-5-9-15(12-14)18(20,4-2)16-10-6-11-17(19)13-16/h5-6,8-13H,3-4,7,20H2,1-2H3. The van der Waals surface area contributed by atoms with Gasteiger partial charge < -0.3 is 5.73 Å². The van der Waals surface area contributed by atoms with E-state index in [0.717, 1.165) is 30.4 Å². The largest absolute Gasteiger partial charge is 0.318 e. The zero-order valence-electron chi connectivity index (χ0n) is 12.2. The van der Waals surface area contributed by atoms with Gasteiger partial charge in [0.05, 0.1) is 5.54 Å². The summed E-state index contributed by atoms with van der Waals surface area (Å²) in [6.07, 6.45) is 2.87. The smallest absolute Gasteiger partial charge is 0.123 e. The number of hydrogen-bond acceptors (Lipinski definition) is 1. The van der Waals surface area contributed by atoms with Crippen LogP contribution < -0.4 is 5.73 Å². The van der Waals surface area contributed by atoms with Gasteiger partial charge in [0.25, 0.3) is 0 Å². The Morgan fingerprint density at radius 1 is 1.00 bits per heavy atom. The molecule has 2 heteroatoms. The van der Waals surface area contributed by atoms with Gasteiger partial charge in [-0.2, -0.15) is 0 Å². The Morgan fingerprint density at radius 2 is 1.65 bits per heavy atom. The molecule has 0 aliphatic carbocycles. The van der Waals surface area contributed by atoms with Crippen molar-refractivity contribution in [3.8, 4) is 0 Å². The van der Waals surface area contributed by atoms with Crippen LogP contribution in [0.4, 0.5) is 4.39 Å². The van der Waals surface area contributed by atoms with E-state index in [0.29, 0.717) is 0 Å². The molecule has 0 radical (unpaired) electrons. The van der Waals surface area contributed by atoms with E-state index < -0.39 is 5.54 Å². The highest BCUT2D eigenvalue weighted by atomic mass is 19.1. The van der Waals surface area contributed by atoms with Crippen LogP contribution in [0.1, 0.15) is 43.4 Å². The first-order valence-corrected chi connectivity index (χ1v) is 7.24. The predicted octanol–water partition coefficient (Wildman–Crippen LogP) is 4.39. The van der Waals surface area contributed by atoms with Crippen LogP contribution in [0, 0.1) is 5.82 Å². The predicted molar refractivity (Wildman–Crippen MR) is 82.1 cm³/mol. The number of halogens is 1. The normalized spacial score (nSPS) is 14.0. The first-order chi connectivity index (χ1) is 9.60. The molecule has 0 spiro atoms. The Bertz CT molecular complexity index is 579. The van der Waals surface area contributed by atoms with Crippen molar-refractivity contribution in [3.05, 3.63) is 71.0 Å². The van der Waals surface area contributed by atoms with Crippen LogP contribution in [0.5, 0.6) is 0 Å². The fraction of sp³-hybridized carbons (Fsp3) is 0.333. The van der Waals surface area contributed by atoms with Gasteiger partial charge in [0.2, 0.25) is 0 Å². The quantitative estimate of drug-likeness (QED) is 0.857. The van der Waals surface area contributed by atoms with E-state index in [1.807, 2.05) is 25.1 Å². The maximum atomic E-state index is 13.5. The average molecular weight is 271 g/mol. The van der Waals surface area contributed by atoms with Gasteiger partial charge in [0.15, 0.2) is 0 Å². The highest BCUT2D eigenvalue weighted by Gasteiger charge is 2.28. The first-order valence-electron chi connectivity index (χ1n) is 7.24. The van der Waals surface area contributed by atoms with Crippen LogP contribution in [0.25, 0.3) is 0 Å². The summed E-state index contributed by atoms with van der Waals surface area (Å²) in [5.74, 6) is -0.240. The molecule has 2 rings (SSSR count). The van der Waals surface area contributed by atoms with Crippen molar-refractivity contribution in [1.29, 1.82) is 0 Å². The molecule has 0 aliphatic heterocycles. The first kappa shape index (κ1) is 14.7. The van der Waals surface area contributed by atoms with Crippen molar-refractivity contribution >= 4 is 0 Å². The second-order valence-corrected chi connectivity index (χ2v) is 5.29. The molecule has 0 aromatic heterocycles. The van der Waals surface area contributed by atoms with Crippen molar-refractivity contribution in [2.24, 2.45) is 5.73 Å². The van der Waals surface area contributed by atoms with E-state index >= 15 is 0 Å². The molecular weight excluding hydrogens is 249 g/mol. The van der Waals surface area contributed by atoms with Crippen LogP contribution in [-0.2, 0) is 12.0 Å². The van der Waals surface area contributed by atoms with Gasteiger partial charge in [-0.05, 0) is 41.7 Å². The van der Waals surface area contributed by atoms with E-state index in [9.17, 15) is 4.39 Å². The van der Waals surface area contributed by atoms with Crippen LogP contribution in [0.2, 0.25) is 0 Å². The van der Waals surface area contributed by atoms with Gasteiger partial charge in [-0.1, -0.05) is 56.7 Å². The summed E-state index contributed by atoms with van der Waals surface area (Å²) < 4.78 is 13.5. The summed E-state index contributed by atoms with van der Waals surface area (Å²) in [6.45, 7) is 4.20. The third kappa shape index (κ3) is 2.91. The molecule has 106 valence electrons. The number of hydrogen-bond donors (Lipinski definition) is 1. The fourth-order valence-corrected chi connectivity index (χ4v) is 2.63. The molecule has 2 N–H and O–H groups in total. The summed E-state index contributed by atoms with van der Waals surface area (Å²) >= 11 is 0. The second-order valence-electron chi connectivity index (χ2n) is 5.29. The van der Waals surface area contributed by atoms with E-state index in [2.05, 4.69) is 19.1 Å². The van der Waals surface area contributed by atoms with Crippen LogP contribution in [0.15, 0.2) is 48.5 Å². The monoisotopic (exact) mass is 271 g/mol. The Kier molecular flexibility index (Phi) is 4.56. The molecule has 0 saturated heterocycles. The van der Waals surface area contributed by atoms with Gasteiger partial charge >= 0.3 is 0 Å². The third-order valence-electron chi connectivity index (χ3n) is 3.88. The summed E-state index contributed by atoms with van der Waals surface area (Å²) in [7, 11) is 0. The number of rotatable bonds is 5. The average Bonchev–Trinajstić information content (AvgIpc) is 2.47. The van der Waals surface area contributed by atoms with E-state index in [4.69, 9.17) is 5.73 Å². The number of aryl methyl sites for hydroxylation is 1. The molecule has 20 heavy (non-hydrogen) atoms. The Labute approximate surface area is 120 Å². The SMILES string of the molecule is CCCc1cccc(C(N)(CC)c2cccc(F)c2)c1. The third-order valence-corrected chi connectivity index (χ3v) is 3.88. The molecule has 2 aromatic carbocycles. The van der Waals surface area contributed by atoms with Gasteiger partial charge in [-0.15, -0.1) is 0 Å². The Morgan fingerprint density at radius 3 is 2.25 bits per heavy atom. The van der Waals surface area contributed by atoms with Gasteiger partial charge in [-0.25, -0.2) is 4.39 Å². The van der Waals surface area contributed by atoms with Crippen molar-refractivity contribution in [2.75, 3.05) is 0 Å². The zero-order chi connectivity index (χ0) is 14.6. The van der Waals surface area contributed by atoms with Crippen molar-refractivity contribution < 1.29 is 4.39 Å². The molecule has 1 atom stereocenters. The van der Waals surface area contributed by atoms with Crippen LogP contribution >= 0.6 is 0 Å². The van der Waals surface area contributed by atoms with Gasteiger partial charge in [-0.3, -0.25) is 0 Å².